The summed E-state index contributed by atoms with van der Waals surface area (Å²) in [6, 6.07) is 5.39. The molecule has 0 saturated carbocycles. The molecule has 0 aliphatic heterocycles. The van der Waals surface area contributed by atoms with Crippen molar-refractivity contribution in [2.24, 2.45) is 0 Å². The molecule has 2 aromatic rings. The summed E-state index contributed by atoms with van der Waals surface area (Å²) < 4.78 is 2.60. The lowest BCUT2D eigenvalue weighted by Crippen LogP contribution is -2.19. The first kappa shape index (κ1) is 12.9. The Hall–Kier alpha value is -1.57. The van der Waals surface area contributed by atoms with Gasteiger partial charge in [-0.3, -0.25) is 9.48 Å². The fourth-order valence-electron chi connectivity index (χ4n) is 1.59. The molecule has 0 atom stereocenters. The minimum atomic E-state index is -0.109. The number of nitrogens with two attached hydrogens (primary N) is 1. The van der Waals surface area contributed by atoms with Crippen LogP contribution in [-0.2, 0) is 11.3 Å². The number of rotatable bonds is 3. The predicted molar refractivity (Wildman–Crippen MR) is 79.2 cm³/mol. The number of aryl methyl sites for hydroxylation is 1. The van der Waals surface area contributed by atoms with E-state index in [4.69, 9.17) is 5.73 Å². The fraction of sp³-hybridized carbons (Fsp3) is 0.167. The molecule has 0 unspecified atom stereocenters. The van der Waals surface area contributed by atoms with Crippen molar-refractivity contribution in [2.45, 2.75) is 13.5 Å². The van der Waals surface area contributed by atoms with Crippen LogP contribution in [0.25, 0.3) is 0 Å². The Labute approximate surface area is 119 Å². The van der Waals surface area contributed by atoms with Crippen molar-refractivity contribution in [3.63, 3.8) is 0 Å². The van der Waals surface area contributed by atoms with Crippen LogP contribution in [0.4, 0.5) is 11.4 Å². The number of amides is 1. The van der Waals surface area contributed by atoms with Crippen LogP contribution >= 0.6 is 22.6 Å². The minimum absolute atomic E-state index is 0.109. The average molecular weight is 356 g/mol. The van der Waals surface area contributed by atoms with E-state index in [9.17, 15) is 4.79 Å². The van der Waals surface area contributed by atoms with Gasteiger partial charge in [0, 0.05) is 17.6 Å². The molecule has 0 aliphatic rings. The number of anilines is 2. The van der Waals surface area contributed by atoms with Crippen LogP contribution in [0.15, 0.2) is 30.6 Å². The van der Waals surface area contributed by atoms with Crippen molar-refractivity contribution in [1.29, 1.82) is 0 Å². The van der Waals surface area contributed by atoms with Crippen molar-refractivity contribution in [1.82, 2.24) is 9.78 Å². The number of carbonyl (C=O) groups excluding carboxylic acids is 1. The first-order valence-corrected chi connectivity index (χ1v) is 6.46. The Morgan fingerprint density at radius 2 is 2.33 bits per heavy atom. The third kappa shape index (κ3) is 3.22. The van der Waals surface area contributed by atoms with Gasteiger partial charge in [0.15, 0.2) is 0 Å². The summed E-state index contributed by atoms with van der Waals surface area (Å²) in [6.45, 7) is 2.11. The van der Waals surface area contributed by atoms with Gasteiger partial charge in [0.25, 0.3) is 0 Å². The van der Waals surface area contributed by atoms with Crippen molar-refractivity contribution in [3.05, 3.63) is 39.7 Å². The van der Waals surface area contributed by atoms with E-state index in [0.29, 0.717) is 5.69 Å². The largest absolute Gasteiger partial charge is 0.399 e. The van der Waals surface area contributed by atoms with Gasteiger partial charge in [0.1, 0.15) is 6.54 Å². The van der Waals surface area contributed by atoms with Crippen LogP contribution in [0, 0.1) is 10.5 Å². The smallest absolute Gasteiger partial charge is 0.246 e. The monoisotopic (exact) mass is 356 g/mol. The molecule has 94 valence electrons. The molecule has 1 aromatic carbocycles. The molecule has 0 radical (unpaired) electrons. The summed E-state index contributed by atoms with van der Waals surface area (Å²) >= 11 is 2.15. The lowest BCUT2D eigenvalue weighted by atomic mass is 10.2. The first-order valence-electron chi connectivity index (χ1n) is 5.38. The van der Waals surface area contributed by atoms with Crippen LogP contribution in [0.3, 0.4) is 0 Å². The molecular formula is C12H13IN4O. The lowest BCUT2D eigenvalue weighted by Gasteiger charge is -2.09. The SMILES string of the molecule is Cc1cc(N)ccc1NC(=O)Cn1cc(I)cn1. The summed E-state index contributed by atoms with van der Waals surface area (Å²) in [7, 11) is 0. The number of hydrogen-bond donors (Lipinski definition) is 2. The van der Waals surface area contributed by atoms with Crippen molar-refractivity contribution >= 4 is 39.9 Å². The summed E-state index contributed by atoms with van der Waals surface area (Å²) in [5.74, 6) is -0.109. The van der Waals surface area contributed by atoms with E-state index in [1.807, 2.05) is 19.2 Å². The molecule has 0 aliphatic carbocycles. The van der Waals surface area contributed by atoms with Crippen molar-refractivity contribution in [2.75, 3.05) is 11.1 Å². The Bertz CT molecular complexity index is 579. The molecule has 0 spiro atoms. The third-order valence-electron chi connectivity index (χ3n) is 2.43. The van der Waals surface area contributed by atoms with Gasteiger partial charge >= 0.3 is 0 Å². The second kappa shape index (κ2) is 5.38. The van der Waals surface area contributed by atoms with Gasteiger partial charge in [0.2, 0.25) is 5.91 Å². The van der Waals surface area contributed by atoms with E-state index in [-0.39, 0.29) is 12.5 Å². The number of nitrogens with one attached hydrogen (secondary N) is 1. The number of nitrogens with zero attached hydrogens (tertiary/aromatic N) is 2. The number of hydrogen-bond acceptors (Lipinski definition) is 3. The number of aromatic nitrogens is 2. The maximum absolute atomic E-state index is 11.8. The molecule has 2 rings (SSSR count). The molecule has 0 fully saturated rings. The molecule has 0 bridgehead atoms. The standard InChI is InChI=1S/C12H13IN4O/c1-8-4-10(14)2-3-11(8)16-12(18)7-17-6-9(13)5-15-17/h2-6H,7,14H2,1H3,(H,16,18). The predicted octanol–water partition coefficient (Wildman–Crippen LogP) is 2.02. The topological polar surface area (TPSA) is 72.9 Å². The Kier molecular flexibility index (Phi) is 3.85. The van der Waals surface area contributed by atoms with E-state index in [2.05, 4.69) is 33.0 Å². The van der Waals surface area contributed by atoms with Gasteiger partial charge in [-0.25, -0.2) is 0 Å². The maximum Gasteiger partial charge on any atom is 0.246 e. The number of nitrogen functional groups attached to an aromatic ring is 1. The van der Waals surface area contributed by atoms with Crippen molar-refractivity contribution in [3.8, 4) is 0 Å². The second-order valence-corrected chi connectivity index (χ2v) is 5.22. The maximum atomic E-state index is 11.8. The summed E-state index contributed by atoms with van der Waals surface area (Å²) in [5, 5.41) is 6.90. The van der Waals surface area contributed by atoms with E-state index >= 15 is 0 Å². The molecule has 6 heteroatoms. The van der Waals surface area contributed by atoms with Gasteiger partial charge in [0.05, 0.1) is 9.77 Å². The highest BCUT2D eigenvalue weighted by atomic mass is 127. The highest BCUT2D eigenvalue weighted by Gasteiger charge is 2.06. The molecular weight excluding hydrogens is 343 g/mol. The molecule has 5 nitrogen and oxygen atoms in total. The van der Waals surface area contributed by atoms with E-state index in [1.54, 1.807) is 23.0 Å². The molecule has 1 amide bonds. The molecule has 3 N–H and O–H groups in total. The quantitative estimate of drug-likeness (QED) is 0.653. The lowest BCUT2D eigenvalue weighted by molar-refractivity contribution is -0.116. The van der Waals surface area contributed by atoms with Crippen LogP contribution in [0.5, 0.6) is 0 Å². The highest BCUT2D eigenvalue weighted by molar-refractivity contribution is 14.1. The summed E-state index contributed by atoms with van der Waals surface area (Å²) in [4.78, 5) is 11.8. The Morgan fingerprint density at radius 1 is 1.56 bits per heavy atom. The fourth-order valence-corrected chi connectivity index (χ4v) is 2.03. The zero-order chi connectivity index (χ0) is 13.1. The normalized spacial score (nSPS) is 10.3. The minimum Gasteiger partial charge on any atom is -0.399 e. The summed E-state index contributed by atoms with van der Waals surface area (Å²) in [5.41, 5.74) is 8.06. The van der Waals surface area contributed by atoms with Gasteiger partial charge < -0.3 is 11.1 Å². The summed E-state index contributed by atoms with van der Waals surface area (Å²) in [6.07, 6.45) is 3.53. The number of halogens is 1. The van der Waals surface area contributed by atoms with Gasteiger partial charge in [-0.05, 0) is 53.3 Å². The molecule has 18 heavy (non-hydrogen) atoms. The molecule has 1 heterocycles. The average Bonchev–Trinajstić information content (AvgIpc) is 2.68. The first-order chi connectivity index (χ1) is 8.54. The molecule has 1 aromatic heterocycles. The number of benzene rings is 1. The molecule has 0 saturated heterocycles. The van der Waals surface area contributed by atoms with Crippen LogP contribution in [-0.4, -0.2) is 15.7 Å². The van der Waals surface area contributed by atoms with Gasteiger partial charge in [-0.15, -0.1) is 0 Å². The van der Waals surface area contributed by atoms with Crippen LogP contribution < -0.4 is 11.1 Å². The van der Waals surface area contributed by atoms with Crippen LogP contribution in [0.2, 0.25) is 0 Å². The number of carbonyl (C=O) groups is 1. The Morgan fingerprint density at radius 3 is 2.94 bits per heavy atom. The second-order valence-electron chi connectivity index (χ2n) is 3.98. The van der Waals surface area contributed by atoms with E-state index in [1.165, 1.54) is 0 Å². The van der Waals surface area contributed by atoms with Crippen molar-refractivity contribution < 1.29 is 4.79 Å². The van der Waals surface area contributed by atoms with Gasteiger partial charge in [-0.1, -0.05) is 0 Å². The zero-order valence-electron chi connectivity index (χ0n) is 9.85. The highest BCUT2D eigenvalue weighted by Crippen LogP contribution is 2.17. The Balaban J connectivity index is 2.03. The zero-order valence-corrected chi connectivity index (χ0v) is 12.0. The van der Waals surface area contributed by atoms with E-state index in [0.717, 1.165) is 14.8 Å². The van der Waals surface area contributed by atoms with Crippen LogP contribution in [0.1, 0.15) is 5.56 Å². The van der Waals surface area contributed by atoms with Gasteiger partial charge in [-0.2, -0.15) is 5.10 Å². The van der Waals surface area contributed by atoms with E-state index < -0.39 is 0 Å². The third-order valence-corrected chi connectivity index (χ3v) is 2.99.